The zero-order chi connectivity index (χ0) is 58.6. The van der Waals surface area contributed by atoms with Crippen LogP contribution in [0.4, 0.5) is 0 Å². The van der Waals surface area contributed by atoms with Crippen molar-refractivity contribution in [2.75, 3.05) is 0 Å². The molecule has 4 heterocycles. The van der Waals surface area contributed by atoms with Crippen LogP contribution >= 0.6 is 0 Å². The summed E-state index contributed by atoms with van der Waals surface area (Å²) in [6.07, 6.45) is 6.48. The molecule has 5 nitrogen and oxygen atoms in total. The summed E-state index contributed by atoms with van der Waals surface area (Å²) in [5.41, 5.74) is 17.7. The van der Waals surface area contributed by atoms with Gasteiger partial charge in [0.2, 0.25) is 0 Å². The fourth-order valence-electron chi connectivity index (χ4n) is 11.6. The Morgan fingerprint density at radius 3 is 1.94 bits per heavy atom. The average Bonchev–Trinajstić information content (AvgIpc) is 2.03. The third-order valence-corrected chi connectivity index (χ3v) is 15.7. The highest BCUT2D eigenvalue weighted by Crippen LogP contribution is 2.43. The first kappa shape index (κ1) is 43.4. The molecule has 0 fully saturated rings. The molecule has 0 amide bonds. The van der Waals surface area contributed by atoms with E-state index in [0.717, 1.165) is 128 Å². The molecule has 0 aliphatic carbocycles. The predicted octanol–water partition coefficient (Wildman–Crippen LogP) is 19.0. The quantitative estimate of drug-likeness (QED) is 0.107. The van der Waals surface area contributed by atoms with Crippen LogP contribution in [0.25, 0.3) is 116 Å². The number of furan rings is 1. The minimum Gasteiger partial charge on any atom is -0.452 e. The Balaban J connectivity index is 0.963. The van der Waals surface area contributed by atoms with Gasteiger partial charge in [-0.3, -0.25) is 13.7 Å². The number of para-hydroxylation sites is 4. The molecule has 80 heavy (non-hydrogen) atoms. The largest absolute Gasteiger partial charge is 0.452 e. The van der Waals surface area contributed by atoms with Gasteiger partial charge >= 0.3 is 0 Å². The van der Waals surface area contributed by atoms with Crippen LogP contribution in [-0.2, 0) is 17.3 Å². The van der Waals surface area contributed by atoms with E-state index < -0.39 is 11.5 Å². The lowest BCUT2D eigenvalue weighted by Gasteiger charge is -2.27. The Bertz CT molecular complexity index is 4990. The highest BCUT2D eigenvalue weighted by Gasteiger charge is 2.27. The lowest BCUT2D eigenvalue weighted by Crippen LogP contribution is -2.32. The van der Waals surface area contributed by atoms with E-state index in [9.17, 15) is 2.74 Å². The number of imidazole rings is 1. The van der Waals surface area contributed by atoms with Crippen LogP contribution in [0.5, 0.6) is 0 Å². The summed E-state index contributed by atoms with van der Waals surface area (Å²) in [5, 5.41) is 4.36. The molecular weight excluding hydrogens is 973 g/mol. The summed E-state index contributed by atoms with van der Waals surface area (Å²) in [4.78, 5) is 5.00. The first-order chi connectivity index (χ1) is 41.0. The predicted molar refractivity (Wildman–Crippen MR) is 331 cm³/mol. The van der Waals surface area contributed by atoms with Crippen molar-refractivity contribution in [3.05, 3.63) is 271 Å². The molecular formula is C75H60N4O. The number of hydrogen-bond acceptors (Lipinski definition) is 2. The highest BCUT2D eigenvalue weighted by atomic mass is 16.3. The van der Waals surface area contributed by atoms with Crippen molar-refractivity contribution in [2.45, 2.75) is 58.8 Å². The fourth-order valence-corrected chi connectivity index (χ4v) is 11.6. The molecule has 14 aromatic rings. The van der Waals surface area contributed by atoms with E-state index >= 15 is 0 Å². The molecule has 4 aromatic heterocycles. The van der Waals surface area contributed by atoms with Crippen molar-refractivity contribution >= 4 is 54.8 Å². The van der Waals surface area contributed by atoms with Gasteiger partial charge in [-0.1, -0.05) is 229 Å². The van der Waals surface area contributed by atoms with Gasteiger partial charge in [0.15, 0.2) is 11.4 Å². The molecule has 0 radical (unpaired) electrons. The van der Waals surface area contributed by atoms with Crippen LogP contribution in [0.15, 0.2) is 247 Å². The number of rotatable bonds is 9. The van der Waals surface area contributed by atoms with Gasteiger partial charge in [0.05, 0.1) is 40.3 Å². The molecule has 0 saturated carbocycles. The summed E-state index contributed by atoms with van der Waals surface area (Å²) in [6.45, 7) is 13.1. The fraction of sp³-hybridized carbons (Fsp3) is 0.120. The number of pyridine rings is 1. The number of benzene rings is 10. The number of nitrogens with zero attached hydrogens (tertiary/aromatic N) is 4. The lowest BCUT2D eigenvalue weighted by molar-refractivity contribution is -0.571. The Morgan fingerprint density at radius 2 is 1.12 bits per heavy atom. The maximum atomic E-state index is 9.20. The van der Waals surface area contributed by atoms with E-state index in [1.165, 1.54) is 0 Å². The number of aromatic nitrogens is 4. The zero-order valence-electron chi connectivity index (χ0n) is 50.6. The molecule has 5 heteroatoms. The summed E-state index contributed by atoms with van der Waals surface area (Å²) in [6, 6.07) is 71.0. The van der Waals surface area contributed by atoms with Crippen LogP contribution in [0.1, 0.15) is 70.7 Å². The van der Waals surface area contributed by atoms with Crippen LogP contribution in [0, 0.1) is 6.33 Å². The summed E-state index contributed by atoms with van der Waals surface area (Å²) < 4.78 is 57.6. The third kappa shape index (κ3) is 8.58. The average molecular weight is 1040 g/mol. The number of hydrogen-bond donors (Lipinski definition) is 0. The van der Waals surface area contributed by atoms with Gasteiger partial charge in [0, 0.05) is 27.7 Å². The lowest BCUT2D eigenvalue weighted by atomic mass is 9.80. The minimum absolute atomic E-state index is 0.165. The van der Waals surface area contributed by atoms with Crippen molar-refractivity contribution in [3.63, 3.8) is 0 Å². The SMILES string of the molecule is [2H]c1c([2H])c([2H])c(-c2cc(-c3cc(C(C)(C)C)cc(-c4cccc(-c5ccccc5)c4)c3-[n+]3[c-]n(-c4cccc(Cc5ccc6c7ccccc7n(-c7nccc8c7oc7ccccc78)c6c5)c4)c4ccccc43)cc(C(C)(C)C)c2)c([2H])c1[2H]. The highest BCUT2D eigenvalue weighted by molar-refractivity contribution is 6.12. The molecule has 0 bridgehead atoms. The summed E-state index contributed by atoms with van der Waals surface area (Å²) >= 11 is 0. The second-order valence-corrected chi connectivity index (χ2v) is 23.1. The monoisotopic (exact) mass is 1040 g/mol. The Labute approximate surface area is 474 Å². The molecule has 0 aliphatic heterocycles. The first-order valence-corrected chi connectivity index (χ1v) is 27.4. The molecule has 0 aliphatic rings. The van der Waals surface area contributed by atoms with Crippen LogP contribution in [0.2, 0.25) is 0 Å². The molecule has 0 N–H and O–H groups in total. The first-order valence-electron chi connectivity index (χ1n) is 29.9. The normalized spacial score (nSPS) is 13.1. The second-order valence-electron chi connectivity index (χ2n) is 23.1. The van der Waals surface area contributed by atoms with Gasteiger partial charge in [-0.2, -0.15) is 0 Å². The third-order valence-electron chi connectivity index (χ3n) is 15.7. The Hall–Kier alpha value is -9.58. The van der Waals surface area contributed by atoms with Gasteiger partial charge in [-0.05, 0) is 133 Å². The number of fused-ring (bicyclic) bond motifs is 7. The topological polar surface area (TPSA) is 39.8 Å². The molecule has 0 saturated heterocycles. The van der Waals surface area contributed by atoms with E-state index in [1.54, 1.807) is 0 Å². The van der Waals surface area contributed by atoms with Crippen molar-refractivity contribution in [1.82, 2.24) is 14.1 Å². The van der Waals surface area contributed by atoms with Crippen LogP contribution in [-0.4, -0.2) is 14.1 Å². The molecule has 386 valence electrons. The van der Waals surface area contributed by atoms with Gasteiger partial charge in [0.1, 0.15) is 5.58 Å². The maximum absolute atomic E-state index is 9.20. The van der Waals surface area contributed by atoms with E-state index in [0.29, 0.717) is 12.0 Å². The van der Waals surface area contributed by atoms with Gasteiger partial charge < -0.3 is 4.42 Å². The van der Waals surface area contributed by atoms with Crippen molar-refractivity contribution in [1.29, 1.82) is 0 Å². The van der Waals surface area contributed by atoms with Gasteiger partial charge in [0.25, 0.3) is 6.33 Å². The van der Waals surface area contributed by atoms with Crippen molar-refractivity contribution < 1.29 is 15.8 Å². The second kappa shape index (κ2) is 19.1. The van der Waals surface area contributed by atoms with Crippen LogP contribution < -0.4 is 4.57 Å². The van der Waals surface area contributed by atoms with E-state index in [2.05, 4.69) is 225 Å². The zero-order valence-corrected chi connectivity index (χ0v) is 45.6. The van der Waals surface area contributed by atoms with Crippen molar-refractivity contribution in [2.24, 2.45) is 0 Å². The van der Waals surface area contributed by atoms with Gasteiger partial charge in [-0.15, -0.1) is 0 Å². The van der Waals surface area contributed by atoms with Crippen molar-refractivity contribution in [3.8, 4) is 61.7 Å². The minimum atomic E-state index is -0.421. The molecule has 0 unspecified atom stereocenters. The van der Waals surface area contributed by atoms with Gasteiger partial charge in [-0.25, -0.2) is 4.98 Å². The van der Waals surface area contributed by atoms with E-state index in [4.69, 9.17) is 13.5 Å². The molecule has 14 rings (SSSR count). The molecule has 0 atom stereocenters. The Kier molecular flexibility index (Phi) is 10.4. The molecule has 0 spiro atoms. The summed E-state index contributed by atoms with van der Waals surface area (Å²) in [5.74, 6) is 0.752. The molecule has 10 aromatic carbocycles. The maximum Gasteiger partial charge on any atom is 0.269 e. The van der Waals surface area contributed by atoms with E-state index in [1.807, 2.05) is 48.7 Å². The van der Waals surface area contributed by atoms with E-state index in [-0.39, 0.29) is 35.1 Å². The Morgan fingerprint density at radius 1 is 0.487 bits per heavy atom. The summed E-state index contributed by atoms with van der Waals surface area (Å²) in [7, 11) is 0. The standard InChI is InChI=1S/C75H60N4O/c1-74(2,3)57-44-55(52-24-11-8-12-25-52)43-56(45-57)65-47-58(75(4,5)6)46-64(54-27-20-26-53(42-54)51-22-9-7-10-23-51)71(65)78-48-77(67-32-16-17-33-68(67)78)59-28-19-21-49(40-59)39-50-35-36-61-60-29-13-15-31-66(60)79(69(61)41-50)73-72-63(37-38-76-73)62-30-14-18-34-70(62)80-72/h7-38,40-47H,39H2,1-6H3/i8D,11D,12D,24D,25D. The van der Waals surface area contributed by atoms with Crippen LogP contribution in [0.3, 0.4) is 0 Å². The smallest absolute Gasteiger partial charge is 0.269 e.